The molecule has 2 aromatic rings. The van der Waals surface area contributed by atoms with Crippen molar-refractivity contribution in [2.75, 3.05) is 6.61 Å². The molecule has 24 heavy (non-hydrogen) atoms. The lowest BCUT2D eigenvalue weighted by Crippen LogP contribution is -2.19. The Kier molecular flexibility index (Phi) is 7.01. The first kappa shape index (κ1) is 17.7. The fourth-order valence-electron chi connectivity index (χ4n) is 2.41. The van der Waals surface area contributed by atoms with E-state index in [1.165, 1.54) is 5.56 Å². The summed E-state index contributed by atoms with van der Waals surface area (Å²) in [5.74, 6) is -0.780. The van der Waals surface area contributed by atoms with Crippen LogP contribution in [0.1, 0.15) is 37.8 Å². The second-order valence-electron chi connectivity index (χ2n) is 5.63. The minimum absolute atomic E-state index is 0.0360. The van der Waals surface area contributed by atoms with Gasteiger partial charge in [-0.05, 0) is 31.7 Å². The summed E-state index contributed by atoms with van der Waals surface area (Å²) in [6, 6.07) is 10.2. The minimum Gasteiger partial charge on any atom is -0.481 e. The molecule has 128 valence electrons. The number of nitrogens with zero attached hydrogens (tertiary/aromatic N) is 3. The van der Waals surface area contributed by atoms with Crippen LogP contribution in [-0.2, 0) is 16.1 Å². The molecule has 0 saturated carbocycles. The Hall–Kier alpha value is -2.63. The van der Waals surface area contributed by atoms with Crippen LogP contribution in [0.15, 0.2) is 54.2 Å². The second kappa shape index (κ2) is 9.50. The number of benzene rings is 1. The molecule has 2 rings (SSSR count). The fourth-order valence-corrected chi connectivity index (χ4v) is 2.41. The molecule has 0 fully saturated rings. The normalized spacial score (nSPS) is 12.8. The number of oxime groups is 1. The maximum absolute atomic E-state index is 10.5. The van der Waals surface area contributed by atoms with E-state index in [0.29, 0.717) is 19.4 Å². The number of unbranched alkanes of at least 4 members (excludes halogenated alkanes) is 1. The molecule has 0 saturated heterocycles. The number of aromatic nitrogens is 2. The van der Waals surface area contributed by atoms with Crippen LogP contribution in [0.2, 0.25) is 0 Å². The topological polar surface area (TPSA) is 76.7 Å². The van der Waals surface area contributed by atoms with Crippen molar-refractivity contribution in [3.63, 3.8) is 0 Å². The molecule has 0 aliphatic heterocycles. The number of aliphatic carboxylic acids is 1. The van der Waals surface area contributed by atoms with E-state index in [1.54, 1.807) is 12.5 Å². The van der Waals surface area contributed by atoms with Gasteiger partial charge in [-0.2, -0.15) is 0 Å². The van der Waals surface area contributed by atoms with Crippen LogP contribution in [0.3, 0.4) is 0 Å². The monoisotopic (exact) mass is 329 g/mol. The van der Waals surface area contributed by atoms with E-state index >= 15 is 0 Å². The van der Waals surface area contributed by atoms with E-state index < -0.39 is 5.97 Å². The predicted molar refractivity (Wildman–Crippen MR) is 92.0 cm³/mol. The molecular formula is C18H23N3O3. The largest absolute Gasteiger partial charge is 0.481 e. The number of hydrogen-bond donors (Lipinski definition) is 1. The zero-order chi connectivity index (χ0) is 17.2. The maximum atomic E-state index is 10.5. The average molecular weight is 329 g/mol. The summed E-state index contributed by atoms with van der Waals surface area (Å²) in [4.78, 5) is 19.9. The number of rotatable bonds is 10. The molecule has 1 heterocycles. The summed E-state index contributed by atoms with van der Waals surface area (Å²) in [7, 11) is 0. The third-order valence-corrected chi connectivity index (χ3v) is 3.72. The third-order valence-electron chi connectivity index (χ3n) is 3.72. The smallest absolute Gasteiger partial charge is 0.303 e. The Morgan fingerprint density at radius 2 is 2.12 bits per heavy atom. The van der Waals surface area contributed by atoms with Crippen LogP contribution in [-0.4, -0.2) is 32.9 Å². The van der Waals surface area contributed by atoms with Crippen LogP contribution in [0, 0.1) is 0 Å². The van der Waals surface area contributed by atoms with Crippen LogP contribution in [0.25, 0.3) is 0 Å². The van der Waals surface area contributed by atoms with Gasteiger partial charge in [0.25, 0.3) is 0 Å². The lowest BCUT2D eigenvalue weighted by Gasteiger charge is -2.18. The average Bonchev–Trinajstić information content (AvgIpc) is 3.10. The van der Waals surface area contributed by atoms with Gasteiger partial charge in [-0.1, -0.05) is 35.5 Å². The molecule has 1 aromatic heterocycles. The molecule has 6 nitrogen and oxygen atoms in total. The van der Waals surface area contributed by atoms with Gasteiger partial charge in [0.05, 0.1) is 18.1 Å². The first-order valence-electron chi connectivity index (χ1n) is 8.06. The molecule has 0 aliphatic carbocycles. The van der Waals surface area contributed by atoms with E-state index in [4.69, 9.17) is 9.94 Å². The van der Waals surface area contributed by atoms with E-state index in [9.17, 15) is 4.79 Å². The van der Waals surface area contributed by atoms with E-state index in [0.717, 1.165) is 12.1 Å². The Balaban J connectivity index is 1.93. The number of hydrogen-bond acceptors (Lipinski definition) is 4. The molecule has 0 amide bonds. The highest BCUT2D eigenvalue weighted by Gasteiger charge is 2.15. The molecule has 0 spiro atoms. The molecule has 0 aliphatic rings. The molecule has 1 aromatic carbocycles. The van der Waals surface area contributed by atoms with Gasteiger partial charge in [-0.3, -0.25) is 4.79 Å². The van der Waals surface area contributed by atoms with Crippen molar-refractivity contribution in [1.29, 1.82) is 0 Å². The van der Waals surface area contributed by atoms with Crippen LogP contribution < -0.4 is 0 Å². The third kappa shape index (κ3) is 5.87. The van der Waals surface area contributed by atoms with Crippen LogP contribution >= 0.6 is 0 Å². The minimum atomic E-state index is -0.780. The predicted octanol–water partition coefficient (Wildman–Crippen LogP) is 3.31. The zero-order valence-corrected chi connectivity index (χ0v) is 13.8. The van der Waals surface area contributed by atoms with Crippen molar-refractivity contribution in [3.8, 4) is 0 Å². The van der Waals surface area contributed by atoms with Gasteiger partial charge in [-0.25, -0.2) is 4.98 Å². The van der Waals surface area contributed by atoms with Crippen molar-refractivity contribution in [1.82, 2.24) is 9.55 Å². The van der Waals surface area contributed by atoms with Gasteiger partial charge in [0, 0.05) is 18.8 Å². The number of carboxylic acid groups (broad SMARTS) is 1. The Morgan fingerprint density at radius 1 is 1.33 bits per heavy atom. The SMILES string of the molecule is CC(=NOCCCCC(=O)O)C(Cc1ccccc1)n1ccnc1. The van der Waals surface area contributed by atoms with Crippen LogP contribution in [0.5, 0.6) is 0 Å². The van der Waals surface area contributed by atoms with Gasteiger partial charge < -0.3 is 14.5 Å². The number of carbonyl (C=O) groups is 1. The molecule has 1 unspecified atom stereocenters. The number of imidazole rings is 1. The highest BCUT2D eigenvalue weighted by atomic mass is 16.6. The Morgan fingerprint density at radius 3 is 2.79 bits per heavy atom. The summed E-state index contributed by atoms with van der Waals surface area (Å²) < 4.78 is 2.01. The summed E-state index contributed by atoms with van der Waals surface area (Å²) in [6.07, 6.45) is 7.68. The molecule has 0 bridgehead atoms. The first-order chi connectivity index (χ1) is 11.7. The summed E-state index contributed by atoms with van der Waals surface area (Å²) in [5.41, 5.74) is 2.07. The highest BCUT2D eigenvalue weighted by Crippen LogP contribution is 2.16. The van der Waals surface area contributed by atoms with Gasteiger partial charge in [0.15, 0.2) is 0 Å². The first-order valence-corrected chi connectivity index (χ1v) is 8.06. The van der Waals surface area contributed by atoms with E-state index in [2.05, 4.69) is 22.3 Å². The van der Waals surface area contributed by atoms with E-state index in [-0.39, 0.29) is 12.5 Å². The molecular weight excluding hydrogens is 306 g/mol. The Bertz CT molecular complexity index is 639. The Labute approximate surface area is 141 Å². The summed E-state index contributed by atoms with van der Waals surface area (Å²) in [5, 5.41) is 12.8. The fraction of sp³-hybridized carbons (Fsp3) is 0.389. The highest BCUT2D eigenvalue weighted by molar-refractivity contribution is 5.85. The van der Waals surface area contributed by atoms with Gasteiger partial charge in [-0.15, -0.1) is 0 Å². The lowest BCUT2D eigenvalue weighted by atomic mass is 10.0. The van der Waals surface area contributed by atoms with Crippen molar-refractivity contribution < 1.29 is 14.7 Å². The molecule has 1 N–H and O–H groups in total. The zero-order valence-electron chi connectivity index (χ0n) is 13.8. The van der Waals surface area contributed by atoms with Gasteiger partial charge in [0.1, 0.15) is 6.61 Å². The van der Waals surface area contributed by atoms with Crippen molar-refractivity contribution in [3.05, 3.63) is 54.6 Å². The maximum Gasteiger partial charge on any atom is 0.303 e. The van der Waals surface area contributed by atoms with Crippen molar-refractivity contribution >= 4 is 11.7 Å². The summed E-state index contributed by atoms with van der Waals surface area (Å²) in [6.45, 7) is 2.36. The van der Waals surface area contributed by atoms with Gasteiger partial charge >= 0.3 is 5.97 Å². The molecule has 1 atom stereocenters. The quantitative estimate of drug-likeness (QED) is 0.412. The van der Waals surface area contributed by atoms with Crippen molar-refractivity contribution in [2.45, 2.75) is 38.6 Å². The lowest BCUT2D eigenvalue weighted by molar-refractivity contribution is -0.137. The standard InChI is InChI=1S/C18H23N3O3/c1-15(20-24-12-6-5-9-18(22)23)17(21-11-10-19-14-21)13-16-7-3-2-4-8-16/h2-4,7-8,10-11,14,17H,5-6,9,12-13H2,1H3,(H,22,23). The van der Waals surface area contributed by atoms with E-state index in [1.807, 2.05) is 35.9 Å². The molecule has 0 radical (unpaired) electrons. The van der Waals surface area contributed by atoms with Crippen molar-refractivity contribution in [2.24, 2.45) is 5.16 Å². The van der Waals surface area contributed by atoms with Crippen LogP contribution in [0.4, 0.5) is 0 Å². The summed E-state index contributed by atoms with van der Waals surface area (Å²) >= 11 is 0. The van der Waals surface area contributed by atoms with Gasteiger partial charge in [0.2, 0.25) is 0 Å². The number of carboxylic acids is 1. The second-order valence-corrected chi connectivity index (χ2v) is 5.63. The molecule has 6 heteroatoms.